The Labute approximate surface area is 130 Å². The number of amides is 1. The average molecular weight is 300 g/mol. The highest BCUT2D eigenvalue weighted by Gasteiger charge is 2.38. The molecule has 0 saturated heterocycles. The Kier molecular flexibility index (Phi) is 4.21. The molecule has 0 bridgehead atoms. The van der Waals surface area contributed by atoms with Gasteiger partial charge in [0, 0.05) is 23.2 Å². The van der Waals surface area contributed by atoms with Crippen molar-refractivity contribution in [2.45, 2.75) is 43.0 Å². The molecule has 1 aromatic carbocycles. The van der Waals surface area contributed by atoms with Crippen LogP contribution in [0.1, 0.15) is 37.7 Å². The molecule has 2 unspecified atom stereocenters. The smallest absolute Gasteiger partial charge is 0.231 e. The maximum Gasteiger partial charge on any atom is 0.231 e. The molecule has 1 fully saturated rings. The van der Waals surface area contributed by atoms with Crippen LogP contribution in [0.15, 0.2) is 29.2 Å². The first-order valence-electron chi connectivity index (χ1n) is 7.61. The molecule has 1 saturated carbocycles. The van der Waals surface area contributed by atoms with Gasteiger partial charge in [-0.2, -0.15) is 5.26 Å². The molecule has 3 nitrogen and oxygen atoms in total. The summed E-state index contributed by atoms with van der Waals surface area (Å²) in [5, 5.41) is 8.86. The van der Waals surface area contributed by atoms with E-state index >= 15 is 0 Å². The minimum absolute atomic E-state index is 0.0360. The molecule has 1 aromatic rings. The van der Waals surface area contributed by atoms with Crippen molar-refractivity contribution in [1.82, 2.24) is 4.90 Å². The second-order valence-corrected chi connectivity index (χ2v) is 6.98. The Morgan fingerprint density at radius 3 is 2.95 bits per heavy atom. The van der Waals surface area contributed by atoms with Crippen LogP contribution in [0.3, 0.4) is 0 Å². The zero-order valence-corrected chi connectivity index (χ0v) is 13.1. The third-order valence-corrected chi connectivity index (χ3v) is 5.72. The van der Waals surface area contributed by atoms with Crippen LogP contribution in [0.4, 0.5) is 0 Å². The van der Waals surface area contributed by atoms with Crippen molar-refractivity contribution >= 4 is 17.7 Å². The summed E-state index contributed by atoms with van der Waals surface area (Å²) >= 11 is 1.77. The van der Waals surface area contributed by atoms with Crippen LogP contribution in [-0.2, 0) is 4.79 Å². The van der Waals surface area contributed by atoms with Crippen LogP contribution in [0.5, 0.6) is 0 Å². The zero-order valence-electron chi connectivity index (χ0n) is 12.3. The van der Waals surface area contributed by atoms with Gasteiger partial charge in [0.25, 0.3) is 0 Å². The van der Waals surface area contributed by atoms with Gasteiger partial charge in [-0.3, -0.25) is 4.79 Å². The van der Waals surface area contributed by atoms with Gasteiger partial charge in [0.05, 0.1) is 18.4 Å². The highest BCUT2D eigenvalue weighted by molar-refractivity contribution is 7.99. The fourth-order valence-corrected chi connectivity index (χ4v) is 4.31. The molecule has 0 aromatic heterocycles. The van der Waals surface area contributed by atoms with Crippen molar-refractivity contribution in [1.29, 1.82) is 5.26 Å². The highest BCUT2D eigenvalue weighted by atomic mass is 32.2. The lowest BCUT2D eigenvalue weighted by molar-refractivity contribution is -0.134. The molecular formula is C17H20N2OS. The molecule has 21 heavy (non-hydrogen) atoms. The summed E-state index contributed by atoms with van der Waals surface area (Å²) in [7, 11) is 0. The molecule has 1 amide bonds. The molecule has 110 valence electrons. The van der Waals surface area contributed by atoms with Crippen molar-refractivity contribution in [3.05, 3.63) is 29.8 Å². The minimum atomic E-state index is -0.0360. The number of hydrogen-bond acceptors (Lipinski definition) is 3. The van der Waals surface area contributed by atoms with Gasteiger partial charge in [-0.15, -0.1) is 11.8 Å². The highest BCUT2D eigenvalue weighted by Crippen LogP contribution is 2.42. The summed E-state index contributed by atoms with van der Waals surface area (Å²) in [5.41, 5.74) is 1.16. The monoisotopic (exact) mass is 300 g/mol. The fourth-order valence-electron chi connectivity index (χ4n) is 3.09. The molecule has 1 aliphatic heterocycles. The summed E-state index contributed by atoms with van der Waals surface area (Å²) in [6, 6.07) is 10.6. The number of hydrogen-bond donors (Lipinski definition) is 0. The number of benzene rings is 1. The summed E-state index contributed by atoms with van der Waals surface area (Å²) in [5.74, 6) is 1.64. The largest absolute Gasteiger partial charge is 0.338 e. The molecule has 0 N–H and O–H groups in total. The number of carbonyl (C=O) groups is 1. The minimum Gasteiger partial charge on any atom is -0.338 e. The van der Waals surface area contributed by atoms with E-state index in [2.05, 4.69) is 25.1 Å². The lowest BCUT2D eigenvalue weighted by Crippen LogP contribution is -2.43. The summed E-state index contributed by atoms with van der Waals surface area (Å²) in [6.45, 7) is 2.71. The Balaban J connectivity index is 1.79. The van der Waals surface area contributed by atoms with E-state index in [4.69, 9.17) is 5.26 Å². The Hall–Kier alpha value is -1.47. The quantitative estimate of drug-likeness (QED) is 0.837. The van der Waals surface area contributed by atoms with E-state index in [1.54, 1.807) is 11.8 Å². The predicted molar refractivity (Wildman–Crippen MR) is 84.0 cm³/mol. The average Bonchev–Trinajstić information content (AvgIpc) is 3.26. The van der Waals surface area contributed by atoms with Crippen LogP contribution in [0.25, 0.3) is 0 Å². The first-order valence-corrected chi connectivity index (χ1v) is 8.60. The normalized spacial score (nSPS) is 21.4. The van der Waals surface area contributed by atoms with E-state index in [1.165, 1.54) is 17.7 Å². The van der Waals surface area contributed by atoms with Gasteiger partial charge < -0.3 is 4.90 Å². The van der Waals surface area contributed by atoms with E-state index < -0.39 is 0 Å². The maximum atomic E-state index is 13.0. The molecular weight excluding hydrogens is 280 g/mol. The second kappa shape index (κ2) is 6.11. The predicted octanol–water partition coefficient (Wildman–Crippen LogP) is 3.42. The number of carbonyl (C=O) groups excluding carboxylic acids is 1. The molecule has 4 heteroatoms. The van der Waals surface area contributed by atoms with Crippen molar-refractivity contribution < 1.29 is 4.79 Å². The number of thioether (sulfide) groups is 1. The van der Waals surface area contributed by atoms with Crippen molar-refractivity contribution in [3.63, 3.8) is 0 Å². The molecule has 3 rings (SSSR count). The molecule has 1 aliphatic carbocycles. The molecule has 2 atom stereocenters. The Morgan fingerprint density at radius 1 is 1.48 bits per heavy atom. The lowest BCUT2D eigenvalue weighted by atomic mass is 9.98. The van der Waals surface area contributed by atoms with Gasteiger partial charge in [0.1, 0.15) is 0 Å². The third kappa shape index (κ3) is 2.94. The molecule has 0 radical (unpaired) electrons. The van der Waals surface area contributed by atoms with Crippen molar-refractivity contribution in [3.8, 4) is 6.07 Å². The van der Waals surface area contributed by atoms with Gasteiger partial charge in [-0.05, 0) is 37.3 Å². The summed E-state index contributed by atoms with van der Waals surface area (Å²) < 4.78 is 0. The van der Waals surface area contributed by atoms with Gasteiger partial charge in [0.15, 0.2) is 0 Å². The van der Waals surface area contributed by atoms with Crippen LogP contribution >= 0.6 is 11.8 Å². The van der Waals surface area contributed by atoms with Gasteiger partial charge >= 0.3 is 0 Å². The third-order valence-electron chi connectivity index (χ3n) is 4.54. The van der Waals surface area contributed by atoms with Crippen LogP contribution in [-0.4, -0.2) is 29.1 Å². The summed E-state index contributed by atoms with van der Waals surface area (Å²) in [6.07, 6.45) is 2.85. The molecule has 1 heterocycles. The van der Waals surface area contributed by atoms with Crippen LogP contribution in [0, 0.1) is 17.2 Å². The first kappa shape index (κ1) is 14.5. The zero-order chi connectivity index (χ0) is 14.8. The fraction of sp³-hybridized carbons (Fsp3) is 0.529. The van der Waals surface area contributed by atoms with Gasteiger partial charge in [-0.25, -0.2) is 0 Å². The standard InChI is InChI=1S/C17H20N2OS/c1-12(13-7-8-13)19(10-4-9-18)17(20)15-11-21-16-6-3-2-5-14(15)16/h2-3,5-6,12-13,15H,4,7-8,10-11H2,1H3. The van der Waals surface area contributed by atoms with Gasteiger partial charge in [0.2, 0.25) is 5.91 Å². The number of fused-ring (bicyclic) bond motifs is 1. The summed E-state index contributed by atoms with van der Waals surface area (Å²) in [4.78, 5) is 16.2. The van der Waals surface area contributed by atoms with Crippen LogP contribution < -0.4 is 0 Å². The van der Waals surface area contributed by atoms with Crippen molar-refractivity contribution in [2.24, 2.45) is 5.92 Å². The van der Waals surface area contributed by atoms with Gasteiger partial charge in [-0.1, -0.05) is 18.2 Å². The number of nitriles is 1. The Bertz CT molecular complexity index is 576. The van der Waals surface area contributed by atoms with Crippen LogP contribution in [0.2, 0.25) is 0 Å². The Morgan fingerprint density at radius 2 is 2.24 bits per heavy atom. The molecule has 0 spiro atoms. The van der Waals surface area contributed by atoms with E-state index in [-0.39, 0.29) is 17.9 Å². The van der Waals surface area contributed by atoms with E-state index in [1.807, 2.05) is 17.0 Å². The second-order valence-electron chi connectivity index (χ2n) is 5.92. The maximum absolute atomic E-state index is 13.0. The topological polar surface area (TPSA) is 44.1 Å². The first-order chi connectivity index (χ1) is 10.2. The van der Waals surface area contributed by atoms with E-state index in [0.29, 0.717) is 18.9 Å². The van der Waals surface area contributed by atoms with E-state index in [9.17, 15) is 4.79 Å². The molecule has 2 aliphatic rings. The lowest BCUT2D eigenvalue weighted by Gasteiger charge is -2.31. The van der Waals surface area contributed by atoms with E-state index in [0.717, 1.165) is 11.3 Å². The van der Waals surface area contributed by atoms with Crippen molar-refractivity contribution in [2.75, 3.05) is 12.3 Å². The number of nitrogens with zero attached hydrogens (tertiary/aromatic N) is 2. The number of rotatable bonds is 5. The SMILES string of the molecule is CC(C1CC1)N(CCC#N)C(=O)C1CSc2ccccc21.